The number of rotatable bonds is 10. The zero-order valence-corrected chi connectivity index (χ0v) is 14.8. The molecule has 3 nitrogen and oxygen atoms in total. The summed E-state index contributed by atoms with van der Waals surface area (Å²) in [5, 5.41) is 9.57. The number of carbonyl (C=O) groups excluding carboxylic acids is 2. The monoisotopic (exact) mass is 338 g/mol. The highest BCUT2D eigenvalue weighted by molar-refractivity contribution is 6.00. The van der Waals surface area contributed by atoms with E-state index >= 15 is 0 Å². The zero-order chi connectivity index (χ0) is 18.1. The molecule has 0 heterocycles. The van der Waals surface area contributed by atoms with E-state index in [0.29, 0.717) is 12.0 Å². The molecule has 0 saturated heterocycles. The maximum atomic E-state index is 12.7. The van der Waals surface area contributed by atoms with Crippen LogP contribution in [-0.4, -0.2) is 16.7 Å². The van der Waals surface area contributed by atoms with Gasteiger partial charge in [-0.2, -0.15) is 0 Å². The van der Waals surface area contributed by atoms with E-state index in [4.69, 9.17) is 0 Å². The average Bonchev–Trinajstić information content (AvgIpc) is 2.63. The van der Waals surface area contributed by atoms with Gasteiger partial charge >= 0.3 is 0 Å². The minimum absolute atomic E-state index is 0.0630. The molecule has 1 N–H and O–H groups in total. The molecule has 0 spiro atoms. The van der Waals surface area contributed by atoms with Crippen LogP contribution in [0.25, 0.3) is 0 Å². The van der Waals surface area contributed by atoms with Gasteiger partial charge in [-0.25, -0.2) is 0 Å². The molecule has 2 aromatic carbocycles. The first-order chi connectivity index (χ1) is 12.1. The van der Waals surface area contributed by atoms with Crippen LogP contribution >= 0.6 is 0 Å². The van der Waals surface area contributed by atoms with Crippen LogP contribution < -0.4 is 0 Å². The number of benzene rings is 2. The summed E-state index contributed by atoms with van der Waals surface area (Å²) in [7, 11) is 0. The first-order valence-corrected chi connectivity index (χ1v) is 9.01. The van der Waals surface area contributed by atoms with Crippen molar-refractivity contribution in [3.63, 3.8) is 0 Å². The Morgan fingerprint density at radius 2 is 1.72 bits per heavy atom. The largest absolute Gasteiger partial charge is 0.508 e. The van der Waals surface area contributed by atoms with Crippen molar-refractivity contribution in [2.24, 2.45) is 0 Å². The summed E-state index contributed by atoms with van der Waals surface area (Å²) in [5.41, 5.74) is 1.33. The van der Waals surface area contributed by atoms with E-state index in [1.807, 2.05) is 30.3 Å². The van der Waals surface area contributed by atoms with Crippen molar-refractivity contribution < 1.29 is 14.7 Å². The number of carbonyl (C=O) groups is 2. The molecule has 1 atom stereocenters. The fourth-order valence-corrected chi connectivity index (χ4v) is 2.99. The number of phenolic OH excluding ortho intramolecular Hbond substituents is 1. The van der Waals surface area contributed by atoms with Crippen LogP contribution in [0.3, 0.4) is 0 Å². The zero-order valence-electron chi connectivity index (χ0n) is 14.8. The van der Waals surface area contributed by atoms with Crippen molar-refractivity contribution in [1.82, 2.24) is 0 Å². The predicted octanol–water partition coefficient (Wildman–Crippen LogP) is 5.29. The number of Topliss-reactive ketones (excluding diaryl/α,β-unsaturated/α-hetero) is 2. The van der Waals surface area contributed by atoms with Gasteiger partial charge in [-0.3, -0.25) is 9.59 Å². The lowest BCUT2D eigenvalue weighted by Gasteiger charge is -2.16. The van der Waals surface area contributed by atoms with Crippen molar-refractivity contribution in [2.45, 2.75) is 51.4 Å². The third-order valence-electron chi connectivity index (χ3n) is 4.42. The van der Waals surface area contributed by atoms with Gasteiger partial charge in [-0.05, 0) is 24.1 Å². The van der Waals surface area contributed by atoms with Gasteiger partial charge in [0.25, 0.3) is 0 Å². The Balaban J connectivity index is 2.12. The van der Waals surface area contributed by atoms with E-state index in [1.54, 1.807) is 12.1 Å². The van der Waals surface area contributed by atoms with Crippen molar-refractivity contribution in [2.75, 3.05) is 0 Å². The summed E-state index contributed by atoms with van der Waals surface area (Å²) in [6.45, 7) is 2.14. The second-order valence-corrected chi connectivity index (χ2v) is 6.42. The van der Waals surface area contributed by atoms with Crippen LogP contribution in [0.2, 0.25) is 0 Å². The Bertz CT molecular complexity index is 691. The SMILES string of the molecule is CCCCCCC(=O)C(CC(=O)c1cccc(O)c1)c1ccccc1. The Morgan fingerprint density at radius 3 is 2.40 bits per heavy atom. The standard InChI is InChI=1S/C22H26O3/c1-2-3-4-8-14-21(24)20(17-10-6-5-7-11-17)16-22(25)18-12-9-13-19(23)15-18/h5-7,9-13,15,20,23H,2-4,8,14,16H2,1H3. The molecule has 0 aliphatic rings. The van der Waals surface area contributed by atoms with Crippen LogP contribution in [-0.2, 0) is 4.79 Å². The molecule has 0 fully saturated rings. The number of unbranched alkanes of at least 4 members (excludes halogenated alkanes) is 3. The van der Waals surface area contributed by atoms with E-state index < -0.39 is 5.92 Å². The normalized spacial score (nSPS) is 11.9. The highest BCUT2D eigenvalue weighted by Crippen LogP contribution is 2.26. The van der Waals surface area contributed by atoms with Gasteiger partial charge in [-0.1, -0.05) is 68.7 Å². The van der Waals surface area contributed by atoms with Gasteiger partial charge < -0.3 is 5.11 Å². The van der Waals surface area contributed by atoms with Crippen LogP contribution in [0.4, 0.5) is 0 Å². The summed E-state index contributed by atoms with van der Waals surface area (Å²) in [6, 6.07) is 15.8. The molecule has 25 heavy (non-hydrogen) atoms. The summed E-state index contributed by atoms with van der Waals surface area (Å²) in [5.74, 6) is -0.354. The van der Waals surface area contributed by atoms with Crippen molar-refractivity contribution in [3.8, 4) is 5.75 Å². The third-order valence-corrected chi connectivity index (χ3v) is 4.42. The fourth-order valence-electron chi connectivity index (χ4n) is 2.99. The molecule has 3 heteroatoms. The maximum Gasteiger partial charge on any atom is 0.164 e. The Hall–Kier alpha value is -2.42. The lowest BCUT2D eigenvalue weighted by molar-refractivity contribution is -0.120. The van der Waals surface area contributed by atoms with Crippen molar-refractivity contribution >= 4 is 11.6 Å². The second-order valence-electron chi connectivity index (χ2n) is 6.42. The maximum absolute atomic E-state index is 12.7. The van der Waals surface area contributed by atoms with Gasteiger partial charge in [0.1, 0.15) is 11.5 Å². The first-order valence-electron chi connectivity index (χ1n) is 9.01. The number of aromatic hydroxyl groups is 1. The van der Waals surface area contributed by atoms with Crippen LogP contribution in [0.5, 0.6) is 5.75 Å². The lowest BCUT2D eigenvalue weighted by Crippen LogP contribution is -2.17. The number of hydrogen-bond donors (Lipinski definition) is 1. The van der Waals surface area contributed by atoms with Crippen LogP contribution in [0.15, 0.2) is 54.6 Å². The molecule has 1 unspecified atom stereocenters. The molecule has 0 radical (unpaired) electrons. The van der Waals surface area contributed by atoms with Crippen LogP contribution in [0.1, 0.15) is 67.3 Å². The Morgan fingerprint density at radius 1 is 0.960 bits per heavy atom. The summed E-state index contributed by atoms with van der Waals surface area (Å²) >= 11 is 0. The molecule has 2 rings (SSSR count). The van der Waals surface area contributed by atoms with Crippen LogP contribution in [0, 0.1) is 0 Å². The molecular formula is C22H26O3. The smallest absolute Gasteiger partial charge is 0.164 e. The average molecular weight is 338 g/mol. The van der Waals surface area contributed by atoms with Gasteiger partial charge in [0.2, 0.25) is 0 Å². The molecule has 2 aromatic rings. The van der Waals surface area contributed by atoms with Gasteiger partial charge in [0.15, 0.2) is 5.78 Å². The molecule has 0 aromatic heterocycles. The van der Waals surface area contributed by atoms with E-state index in [2.05, 4.69) is 6.92 Å². The third kappa shape index (κ3) is 5.86. The quantitative estimate of drug-likeness (QED) is 0.473. The molecule has 0 bridgehead atoms. The van der Waals surface area contributed by atoms with Gasteiger partial charge in [0, 0.05) is 24.3 Å². The second kappa shape index (κ2) is 9.77. The topological polar surface area (TPSA) is 54.4 Å². The molecule has 0 saturated carbocycles. The van der Waals surface area contributed by atoms with E-state index in [9.17, 15) is 14.7 Å². The molecule has 0 aliphatic heterocycles. The number of phenols is 1. The molecule has 0 aliphatic carbocycles. The van der Waals surface area contributed by atoms with E-state index in [-0.39, 0.29) is 23.7 Å². The lowest BCUT2D eigenvalue weighted by atomic mass is 9.86. The van der Waals surface area contributed by atoms with Crippen molar-refractivity contribution in [3.05, 3.63) is 65.7 Å². The first kappa shape index (κ1) is 18.9. The van der Waals surface area contributed by atoms with E-state index in [1.165, 1.54) is 12.1 Å². The molecule has 132 valence electrons. The Labute approximate surface area is 149 Å². The Kier molecular flexibility index (Phi) is 7.39. The summed E-state index contributed by atoms with van der Waals surface area (Å²) in [6.07, 6.45) is 4.82. The fraction of sp³-hybridized carbons (Fsp3) is 0.364. The van der Waals surface area contributed by atoms with E-state index in [0.717, 1.165) is 31.2 Å². The number of hydrogen-bond acceptors (Lipinski definition) is 3. The number of ketones is 2. The minimum atomic E-state index is -0.419. The van der Waals surface area contributed by atoms with Crippen molar-refractivity contribution in [1.29, 1.82) is 0 Å². The highest BCUT2D eigenvalue weighted by Gasteiger charge is 2.23. The van der Waals surface area contributed by atoms with Gasteiger partial charge in [0.05, 0.1) is 0 Å². The predicted molar refractivity (Wildman–Crippen MR) is 100 cm³/mol. The highest BCUT2D eigenvalue weighted by atomic mass is 16.3. The molecular weight excluding hydrogens is 312 g/mol. The molecule has 0 amide bonds. The summed E-state index contributed by atoms with van der Waals surface area (Å²) < 4.78 is 0. The minimum Gasteiger partial charge on any atom is -0.508 e. The summed E-state index contributed by atoms with van der Waals surface area (Å²) in [4.78, 5) is 25.3. The van der Waals surface area contributed by atoms with Gasteiger partial charge in [-0.15, -0.1) is 0 Å².